The summed E-state index contributed by atoms with van der Waals surface area (Å²) in [5.41, 5.74) is 1.90. The first-order valence-corrected chi connectivity index (χ1v) is 7.95. The van der Waals surface area contributed by atoms with Crippen LogP contribution in [0, 0.1) is 5.92 Å². The lowest BCUT2D eigenvalue weighted by Gasteiger charge is -2.34. The summed E-state index contributed by atoms with van der Waals surface area (Å²) in [6, 6.07) is 7.66. The van der Waals surface area contributed by atoms with Crippen molar-refractivity contribution in [1.82, 2.24) is 4.90 Å². The van der Waals surface area contributed by atoms with E-state index in [0.29, 0.717) is 38.8 Å². The van der Waals surface area contributed by atoms with Gasteiger partial charge in [0.15, 0.2) is 0 Å². The summed E-state index contributed by atoms with van der Waals surface area (Å²) in [6.45, 7) is 0.923. The van der Waals surface area contributed by atoms with Crippen molar-refractivity contribution in [2.45, 2.75) is 25.7 Å². The van der Waals surface area contributed by atoms with Gasteiger partial charge in [0.1, 0.15) is 6.54 Å². The first-order chi connectivity index (χ1) is 11.1. The average Bonchev–Trinajstić information content (AvgIpc) is 2.57. The maximum atomic E-state index is 12.5. The molecule has 2 heterocycles. The number of carboxylic acid groups (broad SMARTS) is 1. The number of hydrogen-bond donors (Lipinski definition) is 1. The predicted molar refractivity (Wildman–Crippen MR) is 84.1 cm³/mol. The third-order valence-electron chi connectivity index (χ3n) is 4.68. The summed E-state index contributed by atoms with van der Waals surface area (Å²) < 4.78 is 0. The van der Waals surface area contributed by atoms with Crippen molar-refractivity contribution in [2.75, 3.05) is 24.5 Å². The summed E-state index contributed by atoms with van der Waals surface area (Å²) >= 11 is 0. The number of carbonyl (C=O) groups is 3. The second kappa shape index (κ2) is 6.40. The molecule has 0 radical (unpaired) electrons. The molecule has 0 atom stereocenters. The van der Waals surface area contributed by atoms with E-state index < -0.39 is 5.97 Å². The van der Waals surface area contributed by atoms with Gasteiger partial charge in [0.25, 0.3) is 0 Å². The summed E-state index contributed by atoms with van der Waals surface area (Å²) in [6.07, 6.45) is 2.09. The Labute approximate surface area is 134 Å². The minimum atomic E-state index is -0.794. The van der Waals surface area contributed by atoms with Crippen LogP contribution in [0.1, 0.15) is 24.8 Å². The molecule has 0 saturated carbocycles. The van der Waals surface area contributed by atoms with Gasteiger partial charge in [-0.1, -0.05) is 18.2 Å². The van der Waals surface area contributed by atoms with Crippen LogP contribution in [0.15, 0.2) is 24.3 Å². The highest BCUT2D eigenvalue weighted by molar-refractivity contribution is 6.01. The zero-order valence-electron chi connectivity index (χ0n) is 12.9. The van der Waals surface area contributed by atoms with Crippen LogP contribution in [0.3, 0.4) is 0 Å². The summed E-state index contributed by atoms with van der Waals surface area (Å²) in [5, 5.41) is 9.01. The van der Waals surface area contributed by atoms with Crippen LogP contribution in [0.2, 0.25) is 0 Å². The van der Waals surface area contributed by atoms with E-state index in [1.165, 1.54) is 0 Å². The fourth-order valence-corrected chi connectivity index (χ4v) is 3.28. The zero-order chi connectivity index (χ0) is 16.4. The lowest BCUT2D eigenvalue weighted by Crippen LogP contribution is -2.47. The zero-order valence-corrected chi connectivity index (χ0v) is 12.9. The number of likely N-dealkylation sites (tertiary alicyclic amines) is 1. The molecule has 1 aromatic carbocycles. The van der Waals surface area contributed by atoms with Gasteiger partial charge in [-0.3, -0.25) is 14.4 Å². The van der Waals surface area contributed by atoms with Crippen LogP contribution < -0.4 is 4.90 Å². The van der Waals surface area contributed by atoms with Gasteiger partial charge in [-0.25, -0.2) is 0 Å². The molecule has 0 spiro atoms. The number of anilines is 1. The molecule has 0 bridgehead atoms. The number of hydrogen-bond acceptors (Lipinski definition) is 3. The van der Waals surface area contributed by atoms with E-state index in [1.807, 2.05) is 24.3 Å². The fourth-order valence-electron chi connectivity index (χ4n) is 3.28. The average molecular weight is 316 g/mol. The molecule has 6 heteroatoms. The Balaban J connectivity index is 1.66. The molecule has 3 rings (SSSR count). The highest BCUT2D eigenvalue weighted by Crippen LogP contribution is 2.27. The summed E-state index contributed by atoms with van der Waals surface area (Å²) in [7, 11) is 0. The molecular weight excluding hydrogens is 296 g/mol. The smallest absolute Gasteiger partial charge is 0.306 e. The van der Waals surface area contributed by atoms with Crippen molar-refractivity contribution in [3.8, 4) is 0 Å². The number of carboxylic acids is 1. The SMILES string of the molecule is O=C(O)C1CCN(C(=O)CN2C(=O)CCc3ccccc32)CC1. The molecule has 6 nitrogen and oxygen atoms in total. The molecule has 1 aromatic rings. The van der Waals surface area contributed by atoms with Gasteiger partial charge in [-0.05, 0) is 30.9 Å². The molecule has 2 aliphatic rings. The molecule has 0 aromatic heterocycles. The largest absolute Gasteiger partial charge is 0.481 e. The number of amides is 2. The number of piperidine rings is 1. The number of para-hydroxylation sites is 1. The van der Waals surface area contributed by atoms with Crippen molar-refractivity contribution >= 4 is 23.5 Å². The van der Waals surface area contributed by atoms with E-state index in [2.05, 4.69) is 0 Å². The van der Waals surface area contributed by atoms with Gasteiger partial charge < -0.3 is 14.9 Å². The van der Waals surface area contributed by atoms with Gasteiger partial charge in [0.05, 0.1) is 5.92 Å². The highest BCUT2D eigenvalue weighted by Gasteiger charge is 2.30. The number of nitrogens with zero attached hydrogens (tertiary/aromatic N) is 2. The topological polar surface area (TPSA) is 77.9 Å². The van der Waals surface area contributed by atoms with Gasteiger partial charge in [-0.2, -0.15) is 0 Å². The van der Waals surface area contributed by atoms with Crippen molar-refractivity contribution in [3.05, 3.63) is 29.8 Å². The van der Waals surface area contributed by atoms with E-state index in [9.17, 15) is 14.4 Å². The minimum absolute atomic E-state index is 0.0301. The van der Waals surface area contributed by atoms with Crippen molar-refractivity contribution in [2.24, 2.45) is 5.92 Å². The summed E-state index contributed by atoms with van der Waals surface area (Å²) in [5.74, 6) is -1.30. The quantitative estimate of drug-likeness (QED) is 0.911. The number of aryl methyl sites for hydroxylation is 1. The Morgan fingerprint density at radius 3 is 2.52 bits per heavy atom. The first kappa shape index (κ1) is 15.5. The molecular formula is C17H20N2O4. The third kappa shape index (κ3) is 3.21. The first-order valence-electron chi connectivity index (χ1n) is 7.95. The minimum Gasteiger partial charge on any atom is -0.481 e. The number of benzene rings is 1. The second-order valence-electron chi connectivity index (χ2n) is 6.10. The van der Waals surface area contributed by atoms with E-state index in [-0.39, 0.29) is 24.3 Å². The third-order valence-corrected chi connectivity index (χ3v) is 4.68. The van der Waals surface area contributed by atoms with E-state index in [1.54, 1.807) is 9.80 Å². The normalized spacial score (nSPS) is 18.7. The number of aliphatic carboxylic acids is 1. The van der Waals surface area contributed by atoms with Crippen molar-refractivity contribution in [3.63, 3.8) is 0 Å². The number of carbonyl (C=O) groups excluding carboxylic acids is 2. The maximum absolute atomic E-state index is 12.5. The highest BCUT2D eigenvalue weighted by atomic mass is 16.4. The summed E-state index contributed by atoms with van der Waals surface area (Å²) in [4.78, 5) is 38.9. The molecule has 1 N–H and O–H groups in total. The molecule has 1 saturated heterocycles. The Bertz CT molecular complexity index is 635. The lowest BCUT2D eigenvalue weighted by molar-refractivity contribution is -0.145. The second-order valence-corrected chi connectivity index (χ2v) is 6.10. The van der Waals surface area contributed by atoms with E-state index in [0.717, 1.165) is 11.3 Å². The molecule has 0 aliphatic carbocycles. The van der Waals surface area contributed by atoms with Crippen LogP contribution >= 0.6 is 0 Å². The fraction of sp³-hybridized carbons (Fsp3) is 0.471. The van der Waals surface area contributed by atoms with E-state index >= 15 is 0 Å². The Hall–Kier alpha value is -2.37. The Morgan fingerprint density at radius 2 is 1.83 bits per heavy atom. The molecule has 23 heavy (non-hydrogen) atoms. The monoisotopic (exact) mass is 316 g/mol. The van der Waals surface area contributed by atoms with Gasteiger partial charge in [0, 0.05) is 25.2 Å². The lowest BCUT2D eigenvalue weighted by atomic mass is 9.97. The maximum Gasteiger partial charge on any atom is 0.306 e. The number of fused-ring (bicyclic) bond motifs is 1. The van der Waals surface area contributed by atoms with Gasteiger partial charge in [-0.15, -0.1) is 0 Å². The van der Waals surface area contributed by atoms with Crippen LogP contribution in [-0.4, -0.2) is 47.4 Å². The number of rotatable bonds is 3. The molecule has 1 fully saturated rings. The molecule has 2 aliphatic heterocycles. The van der Waals surface area contributed by atoms with Gasteiger partial charge in [0.2, 0.25) is 11.8 Å². The molecule has 2 amide bonds. The standard InChI is InChI=1S/C17H20N2O4/c20-15-6-5-12-3-1-2-4-14(12)19(15)11-16(21)18-9-7-13(8-10-18)17(22)23/h1-4,13H,5-11H2,(H,22,23). The van der Waals surface area contributed by atoms with E-state index in [4.69, 9.17) is 5.11 Å². The van der Waals surface area contributed by atoms with Crippen LogP contribution in [0.25, 0.3) is 0 Å². The van der Waals surface area contributed by atoms with Crippen LogP contribution in [0.4, 0.5) is 5.69 Å². The van der Waals surface area contributed by atoms with Crippen LogP contribution in [-0.2, 0) is 20.8 Å². The van der Waals surface area contributed by atoms with Crippen molar-refractivity contribution in [1.29, 1.82) is 0 Å². The predicted octanol–water partition coefficient (Wildman–Crippen LogP) is 1.29. The Kier molecular flexibility index (Phi) is 4.32. The molecule has 122 valence electrons. The van der Waals surface area contributed by atoms with Crippen molar-refractivity contribution < 1.29 is 19.5 Å². The van der Waals surface area contributed by atoms with Gasteiger partial charge >= 0.3 is 5.97 Å². The Morgan fingerprint density at radius 1 is 1.13 bits per heavy atom. The molecule has 0 unspecified atom stereocenters. The van der Waals surface area contributed by atoms with Crippen LogP contribution in [0.5, 0.6) is 0 Å².